The highest BCUT2D eigenvalue weighted by atomic mass is 16.5. The lowest BCUT2D eigenvalue weighted by Gasteiger charge is -2.28. The molecule has 174 valence electrons. The Morgan fingerprint density at radius 1 is 1.21 bits per heavy atom. The number of fused-ring (bicyclic) bond motifs is 2. The number of nitrogens with zero attached hydrogens (tertiary/aromatic N) is 7. The average molecular weight is 456 g/mol. The van der Waals surface area contributed by atoms with E-state index in [1.807, 2.05) is 30.1 Å². The van der Waals surface area contributed by atoms with Crippen molar-refractivity contribution in [2.24, 2.45) is 0 Å². The van der Waals surface area contributed by atoms with Gasteiger partial charge in [0.05, 0.1) is 23.3 Å². The maximum absolute atomic E-state index is 7.50. The second kappa shape index (κ2) is 8.48. The Labute approximate surface area is 199 Å². The molecule has 8 nitrogen and oxygen atoms in total. The molecule has 1 aliphatic carbocycles. The molecule has 1 saturated heterocycles. The summed E-state index contributed by atoms with van der Waals surface area (Å²) < 4.78 is 8.08. The third-order valence-corrected chi connectivity index (χ3v) is 7.34. The second-order valence-corrected chi connectivity index (χ2v) is 9.78. The first kappa shape index (κ1) is 21.2. The fourth-order valence-corrected chi connectivity index (χ4v) is 5.25. The van der Waals surface area contributed by atoms with Crippen LogP contribution in [-0.4, -0.2) is 43.4 Å². The Bertz CT molecular complexity index is 1300. The number of hydrogen-bond donors (Lipinski definition) is 0. The van der Waals surface area contributed by atoms with E-state index in [4.69, 9.17) is 26.4 Å². The number of pyridine rings is 1. The van der Waals surface area contributed by atoms with Crippen LogP contribution in [0.25, 0.3) is 21.6 Å². The minimum atomic E-state index is -0.304. The van der Waals surface area contributed by atoms with Gasteiger partial charge in [0.1, 0.15) is 0 Å². The molecule has 5 heterocycles. The van der Waals surface area contributed by atoms with Gasteiger partial charge in [-0.15, -0.1) is 5.10 Å². The van der Waals surface area contributed by atoms with E-state index in [9.17, 15) is 0 Å². The van der Waals surface area contributed by atoms with Gasteiger partial charge in [0.15, 0.2) is 23.2 Å². The zero-order chi connectivity index (χ0) is 23.1. The lowest BCUT2D eigenvalue weighted by Crippen LogP contribution is -2.26. The van der Waals surface area contributed by atoms with Crippen LogP contribution in [0.1, 0.15) is 69.5 Å². The summed E-state index contributed by atoms with van der Waals surface area (Å²) in [6.45, 7) is 11.2. The fraction of sp³-hybridized carbons (Fsp3) is 0.500. The topological polar surface area (TPSA) is 73.3 Å². The summed E-state index contributed by atoms with van der Waals surface area (Å²) >= 11 is 0. The van der Waals surface area contributed by atoms with Gasteiger partial charge in [-0.05, 0) is 56.2 Å². The van der Waals surface area contributed by atoms with E-state index in [0.717, 1.165) is 98.6 Å². The molecule has 2 unspecified atom stereocenters. The van der Waals surface area contributed by atoms with Crippen molar-refractivity contribution in [2.45, 2.75) is 70.1 Å². The van der Waals surface area contributed by atoms with Crippen LogP contribution in [0.15, 0.2) is 30.6 Å². The molecule has 3 aromatic heterocycles. The zero-order valence-electron chi connectivity index (χ0n) is 19.6. The molecule has 34 heavy (non-hydrogen) atoms. The molecule has 6 rings (SSSR count). The first-order valence-electron chi connectivity index (χ1n) is 12.3. The number of ether oxygens (including phenoxy) is 1. The molecular weight excluding hydrogens is 426 g/mol. The van der Waals surface area contributed by atoms with E-state index in [-0.39, 0.29) is 11.8 Å². The van der Waals surface area contributed by atoms with Crippen LogP contribution in [0.4, 0.5) is 11.5 Å². The van der Waals surface area contributed by atoms with Gasteiger partial charge in [0, 0.05) is 39.1 Å². The molecule has 0 N–H and O–H groups in total. The summed E-state index contributed by atoms with van der Waals surface area (Å²) in [5, 5.41) is 5.06. The molecule has 0 spiro atoms. The number of aryl methyl sites for hydroxylation is 1. The summed E-state index contributed by atoms with van der Waals surface area (Å²) in [5.74, 6) is 0.829. The van der Waals surface area contributed by atoms with Crippen molar-refractivity contribution in [3.05, 3.63) is 53.4 Å². The first-order valence-corrected chi connectivity index (χ1v) is 12.3. The number of hydrogen-bond acceptors (Lipinski definition) is 6. The van der Waals surface area contributed by atoms with Crippen molar-refractivity contribution in [3.63, 3.8) is 0 Å². The van der Waals surface area contributed by atoms with Gasteiger partial charge in [0.2, 0.25) is 5.54 Å². The average Bonchev–Trinajstić information content (AvgIpc) is 3.28. The number of allylic oxidation sites excluding steroid dienone is 1. The van der Waals surface area contributed by atoms with Gasteiger partial charge in [-0.3, -0.25) is 4.98 Å². The molecule has 3 aromatic rings. The molecule has 2 atom stereocenters. The van der Waals surface area contributed by atoms with E-state index < -0.39 is 0 Å². The van der Waals surface area contributed by atoms with Crippen LogP contribution in [0.2, 0.25) is 0 Å². The van der Waals surface area contributed by atoms with Crippen molar-refractivity contribution in [1.29, 1.82) is 0 Å². The third kappa shape index (κ3) is 3.64. The van der Waals surface area contributed by atoms with Crippen LogP contribution in [0.3, 0.4) is 0 Å². The highest BCUT2D eigenvalue weighted by Gasteiger charge is 2.33. The van der Waals surface area contributed by atoms with Crippen LogP contribution >= 0.6 is 0 Å². The van der Waals surface area contributed by atoms with Gasteiger partial charge in [0.25, 0.3) is 0 Å². The smallest absolute Gasteiger partial charge is 0.233 e. The van der Waals surface area contributed by atoms with Gasteiger partial charge < -0.3 is 14.5 Å². The van der Waals surface area contributed by atoms with Crippen LogP contribution in [-0.2, 0) is 11.2 Å². The molecular formula is C26H29N7O. The summed E-state index contributed by atoms with van der Waals surface area (Å²) in [4.78, 5) is 20.7. The van der Waals surface area contributed by atoms with Crippen molar-refractivity contribution in [3.8, 4) is 0 Å². The summed E-state index contributed by atoms with van der Waals surface area (Å²) in [7, 11) is 0. The fourth-order valence-electron chi connectivity index (χ4n) is 5.25. The molecule has 0 amide bonds. The molecule has 0 aromatic carbocycles. The maximum atomic E-state index is 7.50. The summed E-state index contributed by atoms with van der Waals surface area (Å²) in [6, 6.07) is 4.10. The predicted octanol–water partition coefficient (Wildman–Crippen LogP) is 5.25. The van der Waals surface area contributed by atoms with E-state index in [1.165, 1.54) is 5.57 Å². The van der Waals surface area contributed by atoms with E-state index in [1.54, 1.807) is 0 Å². The Kier molecular flexibility index (Phi) is 5.30. The largest absolute Gasteiger partial charge is 0.356 e. The van der Waals surface area contributed by atoms with E-state index in [2.05, 4.69) is 26.9 Å². The van der Waals surface area contributed by atoms with Gasteiger partial charge in [-0.1, -0.05) is 6.08 Å². The number of aromatic nitrogens is 5. The second-order valence-electron chi connectivity index (χ2n) is 9.78. The quantitative estimate of drug-likeness (QED) is 0.502. The van der Waals surface area contributed by atoms with Crippen molar-refractivity contribution in [2.75, 3.05) is 18.1 Å². The zero-order valence-corrected chi connectivity index (χ0v) is 19.6. The monoisotopic (exact) mass is 455 g/mol. The molecule has 0 bridgehead atoms. The van der Waals surface area contributed by atoms with Crippen LogP contribution < -0.4 is 4.90 Å². The normalized spacial score (nSPS) is 25.0. The third-order valence-electron chi connectivity index (χ3n) is 7.34. The predicted molar refractivity (Wildman–Crippen MR) is 131 cm³/mol. The Morgan fingerprint density at radius 3 is 2.94 bits per heavy atom. The van der Waals surface area contributed by atoms with Gasteiger partial charge in [-0.2, -0.15) is 0 Å². The lowest BCUT2D eigenvalue weighted by atomic mass is 9.84. The molecule has 8 heteroatoms. The van der Waals surface area contributed by atoms with Crippen molar-refractivity contribution in [1.82, 2.24) is 24.7 Å². The molecule has 1 fully saturated rings. The Balaban J connectivity index is 1.46. The highest BCUT2D eigenvalue weighted by Crippen LogP contribution is 2.38. The number of anilines is 2. The summed E-state index contributed by atoms with van der Waals surface area (Å²) in [6.07, 6.45) is 13.3. The van der Waals surface area contributed by atoms with Gasteiger partial charge in [-0.25, -0.2) is 21.2 Å². The minimum Gasteiger partial charge on any atom is -0.356 e. The Morgan fingerprint density at radius 2 is 2.15 bits per heavy atom. The SMILES string of the molecule is [C-]#[N+]C1(C)CC=C(c2cnc3c(N4CCCc5ncccc54)nn(C4CCCCO4)c3n2)CC1. The molecule has 3 aliphatic rings. The van der Waals surface area contributed by atoms with E-state index >= 15 is 0 Å². The van der Waals surface area contributed by atoms with Crippen LogP contribution in [0, 0.1) is 6.57 Å². The van der Waals surface area contributed by atoms with Crippen molar-refractivity contribution >= 4 is 28.2 Å². The summed E-state index contributed by atoms with van der Waals surface area (Å²) in [5.41, 5.74) is 5.52. The lowest BCUT2D eigenvalue weighted by molar-refractivity contribution is -0.0368. The van der Waals surface area contributed by atoms with Crippen LogP contribution in [0.5, 0.6) is 0 Å². The van der Waals surface area contributed by atoms with Gasteiger partial charge >= 0.3 is 0 Å². The molecule has 2 aliphatic heterocycles. The minimum absolute atomic E-state index is 0.126. The first-order chi connectivity index (χ1) is 16.6. The standard InChI is InChI=1S/C26H29N7O/c1-26(27-2)12-10-18(11-13-26)20-17-29-23-24(30-20)33(22-9-3-4-16-34-22)31-25(23)32-15-6-7-19-21(32)8-5-14-28-19/h5,8,10,14,17,22H,3-4,6-7,9,11-13,15-16H2,1H3. The van der Waals surface area contributed by atoms with Crippen molar-refractivity contribution < 1.29 is 4.74 Å². The highest BCUT2D eigenvalue weighted by molar-refractivity contribution is 5.88. The Hall–Kier alpha value is -3.31. The maximum Gasteiger partial charge on any atom is 0.233 e. The number of rotatable bonds is 3. The molecule has 0 saturated carbocycles. The molecule has 0 radical (unpaired) electrons. The van der Waals surface area contributed by atoms with E-state index in [0.29, 0.717) is 0 Å².